The van der Waals surface area contributed by atoms with E-state index < -0.39 is 0 Å². The molecule has 0 saturated carbocycles. The Morgan fingerprint density at radius 3 is 2.24 bits per heavy atom. The Bertz CT molecular complexity index is 1500. The average molecular weight is 533 g/mol. The molecule has 0 aliphatic heterocycles. The van der Waals surface area contributed by atoms with Crippen LogP contribution in [0.5, 0.6) is 11.5 Å². The third-order valence-corrected chi connectivity index (χ3v) is 6.58. The fraction of sp³-hybridized carbons (Fsp3) is 0.286. The van der Waals surface area contributed by atoms with Crippen LogP contribution >= 0.6 is 12.2 Å². The minimum atomic E-state index is -0.364. The van der Waals surface area contributed by atoms with Crippen LogP contribution in [-0.2, 0) is 0 Å². The number of thiocarbonyl (C=S) groups is 1. The Hall–Kier alpha value is -4.18. The molecule has 2 N–H and O–H groups in total. The quantitative estimate of drug-likeness (QED) is 0.305. The van der Waals surface area contributed by atoms with Gasteiger partial charge < -0.3 is 19.7 Å². The van der Waals surface area contributed by atoms with Crippen molar-refractivity contribution in [3.63, 3.8) is 0 Å². The van der Waals surface area contributed by atoms with Gasteiger partial charge in [-0.15, -0.1) is 10.2 Å². The van der Waals surface area contributed by atoms with E-state index in [2.05, 4.69) is 48.4 Å². The zero-order valence-electron chi connectivity index (χ0n) is 22.5. The van der Waals surface area contributed by atoms with Gasteiger partial charge in [0.25, 0.3) is 5.91 Å². The smallest absolute Gasteiger partial charge is 0.257 e. The number of benzene rings is 3. The Kier molecular flexibility index (Phi) is 8.11. The largest absolute Gasteiger partial charge is 0.493 e. The third kappa shape index (κ3) is 5.55. The van der Waals surface area contributed by atoms with Crippen molar-refractivity contribution in [2.75, 3.05) is 37.5 Å². The highest BCUT2D eigenvalue weighted by atomic mass is 32.1. The van der Waals surface area contributed by atoms with Gasteiger partial charge in [0, 0.05) is 30.0 Å². The molecule has 9 nitrogen and oxygen atoms in total. The number of hydrogen-bond acceptors (Lipinski definition) is 7. The number of nitrogens with one attached hydrogen (secondary N) is 2. The topological polar surface area (TPSA) is 93.5 Å². The molecule has 3 aromatic carbocycles. The van der Waals surface area contributed by atoms with Gasteiger partial charge in [0.15, 0.2) is 16.6 Å². The Balaban J connectivity index is 1.52. The van der Waals surface area contributed by atoms with Gasteiger partial charge in [-0.2, -0.15) is 4.80 Å². The minimum absolute atomic E-state index is 0.169. The van der Waals surface area contributed by atoms with Crippen molar-refractivity contribution >= 4 is 45.6 Å². The summed E-state index contributed by atoms with van der Waals surface area (Å²) in [5.74, 6) is 0.634. The summed E-state index contributed by atoms with van der Waals surface area (Å²) in [6.45, 7) is 10.2. The van der Waals surface area contributed by atoms with Crippen LogP contribution in [0.25, 0.3) is 16.7 Å². The van der Waals surface area contributed by atoms with Crippen LogP contribution in [0.4, 0.5) is 11.4 Å². The maximum Gasteiger partial charge on any atom is 0.257 e. The number of methoxy groups -OCH3 is 2. The van der Waals surface area contributed by atoms with Crippen LogP contribution in [0.15, 0.2) is 48.5 Å². The summed E-state index contributed by atoms with van der Waals surface area (Å²) in [6.07, 6.45) is 0. The molecular weight excluding hydrogens is 500 g/mol. The van der Waals surface area contributed by atoms with E-state index in [9.17, 15) is 4.79 Å². The van der Waals surface area contributed by atoms with Crippen LogP contribution in [0.2, 0.25) is 0 Å². The van der Waals surface area contributed by atoms with Crippen LogP contribution in [0.1, 0.15) is 35.3 Å². The Labute approximate surface area is 227 Å². The number of carbonyl (C=O) groups excluding carboxylic acids is 1. The predicted octanol–water partition coefficient (Wildman–Crippen LogP) is 5.03. The van der Waals surface area contributed by atoms with Crippen molar-refractivity contribution in [3.8, 4) is 17.2 Å². The van der Waals surface area contributed by atoms with E-state index in [1.807, 2.05) is 25.1 Å². The molecule has 0 atom stereocenters. The van der Waals surface area contributed by atoms with Gasteiger partial charge in [-0.1, -0.05) is 0 Å². The highest BCUT2D eigenvalue weighted by Crippen LogP contribution is 2.28. The third-order valence-electron chi connectivity index (χ3n) is 6.37. The van der Waals surface area contributed by atoms with Gasteiger partial charge in [0.1, 0.15) is 11.0 Å². The predicted molar refractivity (Wildman–Crippen MR) is 155 cm³/mol. The van der Waals surface area contributed by atoms with Crippen molar-refractivity contribution in [3.05, 3.63) is 65.2 Å². The number of aryl methyl sites for hydroxylation is 2. The molecule has 0 radical (unpaired) electrons. The van der Waals surface area contributed by atoms with Gasteiger partial charge in [-0.3, -0.25) is 10.1 Å². The van der Waals surface area contributed by atoms with Gasteiger partial charge in [0.05, 0.1) is 19.9 Å². The molecule has 1 amide bonds. The van der Waals surface area contributed by atoms with Gasteiger partial charge in [0.2, 0.25) is 0 Å². The molecule has 1 heterocycles. The van der Waals surface area contributed by atoms with Crippen molar-refractivity contribution in [2.45, 2.75) is 27.7 Å². The standard InChI is InChI=1S/C28H32N6O3S/c1-7-33(8-2)20-10-11-24(18(4)13-20)34-31-22-14-17(3)21(16-23(22)32-34)29-28(38)30-27(35)19-9-12-25(36-5)26(15-19)37-6/h9-16H,7-8H2,1-6H3,(H2,29,30,35,38). The first kappa shape index (κ1) is 26.9. The lowest BCUT2D eigenvalue weighted by Crippen LogP contribution is -2.34. The van der Waals surface area contributed by atoms with Crippen molar-refractivity contribution in [1.82, 2.24) is 20.3 Å². The molecule has 0 aliphatic rings. The number of nitrogens with zero attached hydrogens (tertiary/aromatic N) is 4. The molecule has 0 saturated heterocycles. The lowest BCUT2D eigenvalue weighted by Gasteiger charge is -2.22. The summed E-state index contributed by atoms with van der Waals surface area (Å²) in [5.41, 5.74) is 6.70. The minimum Gasteiger partial charge on any atom is -0.493 e. The molecule has 0 fully saturated rings. The second-order valence-electron chi connectivity index (χ2n) is 8.77. The molecule has 1 aromatic heterocycles. The molecule has 4 rings (SSSR count). The number of hydrogen-bond donors (Lipinski definition) is 2. The molecule has 4 aromatic rings. The van der Waals surface area contributed by atoms with Crippen molar-refractivity contribution in [1.29, 1.82) is 0 Å². The monoisotopic (exact) mass is 532 g/mol. The summed E-state index contributed by atoms with van der Waals surface area (Å²) >= 11 is 5.41. The van der Waals surface area contributed by atoms with E-state index in [-0.39, 0.29) is 11.0 Å². The fourth-order valence-corrected chi connectivity index (χ4v) is 4.47. The number of rotatable bonds is 8. The van der Waals surface area contributed by atoms with E-state index in [1.165, 1.54) is 12.8 Å². The number of carbonyl (C=O) groups is 1. The normalized spacial score (nSPS) is 10.8. The van der Waals surface area contributed by atoms with Crippen LogP contribution in [-0.4, -0.2) is 53.3 Å². The van der Waals surface area contributed by atoms with Gasteiger partial charge in [-0.25, -0.2) is 0 Å². The summed E-state index contributed by atoms with van der Waals surface area (Å²) in [4.78, 5) is 16.7. The molecule has 0 unspecified atom stereocenters. The summed E-state index contributed by atoms with van der Waals surface area (Å²) in [6, 6.07) is 15.0. The molecular formula is C28H32N6O3S. The maximum absolute atomic E-state index is 12.7. The van der Waals surface area contributed by atoms with Gasteiger partial charge >= 0.3 is 0 Å². The fourth-order valence-electron chi connectivity index (χ4n) is 4.27. The first-order valence-electron chi connectivity index (χ1n) is 12.4. The van der Waals surface area contributed by atoms with Crippen molar-refractivity contribution < 1.29 is 14.3 Å². The number of anilines is 2. The molecule has 0 aliphatic carbocycles. The molecule has 0 bridgehead atoms. The lowest BCUT2D eigenvalue weighted by atomic mass is 10.1. The van der Waals surface area contributed by atoms with Crippen LogP contribution in [0.3, 0.4) is 0 Å². The van der Waals surface area contributed by atoms with Gasteiger partial charge in [-0.05, 0) is 99.6 Å². The average Bonchev–Trinajstić information content (AvgIpc) is 3.31. The van der Waals surface area contributed by atoms with E-state index in [1.54, 1.807) is 30.1 Å². The number of amides is 1. The molecule has 0 spiro atoms. The first-order valence-corrected chi connectivity index (χ1v) is 12.8. The highest BCUT2D eigenvalue weighted by Gasteiger charge is 2.15. The summed E-state index contributed by atoms with van der Waals surface area (Å²) in [7, 11) is 3.06. The van der Waals surface area contributed by atoms with Crippen LogP contribution in [0, 0.1) is 13.8 Å². The second-order valence-corrected chi connectivity index (χ2v) is 9.17. The molecule has 38 heavy (non-hydrogen) atoms. The zero-order chi connectivity index (χ0) is 27.4. The maximum atomic E-state index is 12.7. The summed E-state index contributed by atoms with van der Waals surface area (Å²) in [5, 5.41) is 15.4. The number of ether oxygens (including phenoxy) is 2. The van der Waals surface area contributed by atoms with E-state index in [0.29, 0.717) is 22.6 Å². The second kappa shape index (κ2) is 11.5. The summed E-state index contributed by atoms with van der Waals surface area (Å²) < 4.78 is 10.5. The van der Waals surface area contributed by atoms with Crippen LogP contribution < -0.4 is 25.0 Å². The molecule has 198 valence electrons. The van der Waals surface area contributed by atoms with E-state index >= 15 is 0 Å². The zero-order valence-corrected chi connectivity index (χ0v) is 23.3. The van der Waals surface area contributed by atoms with Crippen molar-refractivity contribution in [2.24, 2.45) is 0 Å². The van der Waals surface area contributed by atoms with E-state index in [4.69, 9.17) is 31.9 Å². The first-order chi connectivity index (χ1) is 18.3. The lowest BCUT2D eigenvalue weighted by molar-refractivity contribution is 0.0977. The SMILES string of the molecule is CCN(CC)c1ccc(-n2nc3cc(C)c(NC(=S)NC(=O)c4ccc(OC)c(OC)c4)cc3n2)c(C)c1. The number of aromatic nitrogens is 3. The highest BCUT2D eigenvalue weighted by molar-refractivity contribution is 7.80. The number of fused-ring (bicyclic) bond motifs is 1. The van der Waals surface area contributed by atoms with E-state index in [0.717, 1.165) is 41.1 Å². The molecule has 10 heteroatoms. The Morgan fingerprint density at radius 1 is 0.921 bits per heavy atom. The Morgan fingerprint density at radius 2 is 1.61 bits per heavy atom.